The number of carbonyl (C=O) groups is 1. The number of hydrogen-bond acceptors (Lipinski definition) is 8. The number of aromatic nitrogens is 4. The molecule has 0 radical (unpaired) electrons. The highest BCUT2D eigenvalue weighted by atomic mass is 16.5. The summed E-state index contributed by atoms with van der Waals surface area (Å²) in [7, 11) is 4.11. The molecule has 0 fully saturated rings. The van der Waals surface area contributed by atoms with Crippen LogP contribution in [0.2, 0.25) is 0 Å². The molecule has 3 rings (SSSR count). The van der Waals surface area contributed by atoms with Gasteiger partial charge in [-0.1, -0.05) is 37.6 Å². The molecule has 0 unspecified atom stereocenters. The van der Waals surface area contributed by atoms with E-state index < -0.39 is 5.97 Å². The maximum absolute atomic E-state index is 12.7. The van der Waals surface area contributed by atoms with Crippen LogP contribution in [0.25, 0.3) is 11.2 Å². The van der Waals surface area contributed by atoms with Gasteiger partial charge < -0.3 is 25.5 Å². The van der Waals surface area contributed by atoms with Gasteiger partial charge in [0.1, 0.15) is 5.52 Å². The van der Waals surface area contributed by atoms with Crippen molar-refractivity contribution in [3.63, 3.8) is 0 Å². The number of carboxylic acids is 1. The molecule has 202 valence electrons. The first kappa shape index (κ1) is 28.1. The number of fused-ring (bicyclic) bond motifs is 1. The molecule has 0 saturated heterocycles. The number of nitrogens with one attached hydrogen (secondary N) is 1. The van der Waals surface area contributed by atoms with Gasteiger partial charge in [0.05, 0.1) is 13.0 Å². The number of aliphatic carboxylic acids is 1. The van der Waals surface area contributed by atoms with Crippen LogP contribution in [0.1, 0.15) is 43.7 Å². The average molecular weight is 514 g/mol. The zero-order valence-corrected chi connectivity index (χ0v) is 22.1. The van der Waals surface area contributed by atoms with E-state index in [1.807, 2.05) is 24.3 Å². The Labute approximate surface area is 217 Å². The van der Waals surface area contributed by atoms with Gasteiger partial charge in [-0.15, -0.1) is 0 Å². The molecule has 4 N–H and O–H groups in total. The molecule has 0 saturated carbocycles. The first-order valence-corrected chi connectivity index (χ1v) is 12.8. The normalized spacial score (nSPS) is 11.6. The third-order valence-corrected chi connectivity index (χ3v) is 6.05. The third kappa shape index (κ3) is 8.57. The van der Waals surface area contributed by atoms with Gasteiger partial charge in [0.25, 0.3) is 0 Å². The monoisotopic (exact) mass is 513 g/mol. The highest BCUT2D eigenvalue weighted by Crippen LogP contribution is 2.18. The molecule has 37 heavy (non-hydrogen) atoms. The lowest BCUT2D eigenvalue weighted by Crippen LogP contribution is -2.29. The van der Waals surface area contributed by atoms with E-state index in [0.717, 1.165) is 56.4 Å². The number of aryl methyl sites for hydroxylation is 1. The fraction of sp³-hybridized carbons (Fsp3) is 0.538. The van der Waals surface area contributed by atoms with Gasteiger partial charge in [0, 0.05) is 19.6 Å². The minimum Gasteiger partial charge on any atom is -0.481 e. The predicted molar refractivity (Wildman–Crippen MR) is 144 cm³/mol. The smallest absolute Gasteiger partial charge is 0.327 e. The maximum atomic E-state index is 12.7. The summed E-state index contributed by atoms with van der Waals surface area (Å²) < 4.78 is 7.21. The van der Waals surface area contributed by atoms with E-state index in [2.05, 4.69) is 45.8 Å². The molecule has 0 bridgehead atoms. The number of carboxylic acid groups (broad SMARTS) is 1. The second kappa shape index (κ2) is 13.8. The number of ether oxygens (including phenoxy) is 1. The van der Waals surface area contributed by atoms with Crippen LogP contribution in [0.4, 0.5) is 5.82 Å². The minimum atomic E-state index is -0.840. The molecule has 11 heteroatoms. The number of nitrogen functional groups attached to an aromatic ring is 1. The van der Waals surface area contributed by atoms with Crippen LogP contribution in [0, 0.1) is 0 Å². The number of unbranched alkanes of at least 4 members (excludes halogenated alkanes) is 1. The van der Waals surface area contributed by atoms with E-state index in [4.69, 9.17) is 15.6 Å². The second-order valence-corrected chi connectivity index (χ2v) is 9.55. The van der Waals surface area contributed by atoms with Crippen molar-refractivity contribution in [2.45, 2.75) is 52.1 Å². The molecular formula is C26H39N7O4. The van der Waals surface area contributed by atoms with Crippen molar-refractivity contribution in [2.24, 2.45) is 0 Å². The number of hydrogen-bond donors (Lipinski definition) is 3. The number of rotatable bonds is 16. The molecule has 2 aromatic heterocycles. The Morgan fingerprint density at radius 2 is 1.89 bits per heavy atom. The summed E-state index contributed by atoms with van der Waals surface area (Å²) in [5.74, 6) is -0.647. The lowest BCUT2D eigenvalue weighted by Gasteiger charge is -2.23. The van der Waals surface area contributed by atoms with Crippen LogP contribution >= 0.6 is 0 Å². The maximum Gasteiger partial charge on any atom is 0.327 e. The molecule has 0 aliphatic rings. The molecule has 2 heterocycles. The number of anilines is 1. The van der Waals surface area contributed by atoms with Crippen molar-refractivity contribution in [2.75, 3.05) is 46.1 Å². The van der Waals surface area contributed by atoms with E-state index in [1.54, 1.807) is 4.57 Å². The van der Waals surface area contributed by atoms with Crippen LogP contribution in [-0.2, 0) is 24.3 Å². The molecule has 3 aromatic rings. The summed E-state index contributed by atoms with van der Waals surface area (Å²) in [6.45, 7) is 6.34. The lowest BCUT2D eigenvalue weighted by molar-refractivity contribution is -0.136. The zero-order valence-electron chi connectivity index (χ0n) is 22.1. The van der Waals surface area contributed by atoms with Gasteiger partial charge in [0.15, 0.2) is 11.5 Å². The summed E-state index contributed by atoms with van der Waals surface area (Å²) >= 11 is 0. The van der Waals surface area contributed by atoms with Crippen molar-refractivity contribution in [1.82, 2.24) is 29.3 Å². The Morgan fingerprint density at radius 3 is 2.62 bits per heavy atom. The van der Waals surface area contributed by atoms with E-state index in [9.17, 15) is 9.59 Å². The number of nitrogens with two attached hydrogens (primary N) is 1. The van der Waals surface area contributed by atoms with Crippen molar-refractivity contribution >= 4 is 23.0 Å². The molecule has 0 spiro atoms. The van der Waals surface area contributed by atoms with Crippen LogP contribution in [0.3, 0.4) is 0 Å². The first-order valence-electron chi connectivity index (χ1n) is 12.8. The summed E-state index contributed by atoms with van der Waals surface area (Å²) in [6, 6.07) is 7.90. The van der Waals surface area contributed by atoms with Gasteiger partial charge in [-0.3, -0.25) is 14.3 Å². The van der Waals surface area contributed by atoms with Gasteiger partial charge in [-0.25, -0.2) is 4.79 Å². The molecule has 0 amide bonds. The molecule has 0 aliphatic carbocycles. The Bertz CT molecular complexity index is 1220. The van der Waals surface area contributed by atoms with Crippen molar-refractivity contribution in [3.8, 4) is 6.01 Å². The Hall–Kier alpha value is -3.44. The van der Waals surface area contributed by atoms with E-state index in [-0.39, 0.29) is 23.9 Å². The number of benzene rings is 1. The summed E-state index contributed by atoms with van der Waals surface area (Å²) in [5.41, 5.74) is 8.52. The zero-order chi connectivity index (χ0) is 26.8. The quantitative estimate of drug-likeness (QED) is 0.246. The minimum absolute atomic E-state index is 0.00703. The van der Waals surface area contributed by atoms with Crippen LogP contribution in [-0.4, -0.2) is 80.7 Å². The van der Waals surface area contributed by atoms with Crippen molar-refractivity contribution in [1.29, 1.82) is 0 Å². The second-order valence-electron chi connectivity index (χ2n) is 9.55. The molecule has 11 nitrogen and oxygen atoms in total. The Balaban J connectivity index is 1.71. The van der Waals surface area contributed by atoms with Crippen molar-refractivity contribution in [3.05, 3.63) is 45.9 Å². The van der Waals surface area contributed by atoms with Crippen molar-refractivity contribution < 1.29 is 14.6 Å². The molecular weight excluding hydrogens is 474 g/mol. The molecule has 0 atom stereocenters. The summed E-state index contributed by atoms with van der Waals surface area (Å²) in [4.78, 5) is 39.7. The molecule has 0 aliphatic heterocycles. The fourth-order valence-corrected chi connectivity index (χ4v) is 4.21. The number of H-pyrrole nitrogens is 1. The van der Waals surface area contributed by atoms with Crippen LogP contribution in [0.5, 0.6) is 6.01 Å². The first-order chi connectivity index (χ1) is 17.8. The van der Waals surface area contributed by atoms with E-state index in [1.165, 1.54) is 0 Å². The average Bonchev–Trinajstić information content (AvgIpc) is 3.14. The van der Waals surface area contributed by atoms with Crippen LogP contribution < -0.4 is 16.2 Å². The number of imidazole rings is 1. The van der Waals surface area contributed by atoms with Gasteiger partial charge in [0.2, 0.25) is 0 Å². The van der Waals surface area contributed by atoms with E-state index in [0.29, 0.717) is 30.9 Å². The topological polar surface area (TPSA) is 143 Å². The SMILES string of the molecule is CCCCOc1nc(N)c2[nH]c(=O)n(CCCN(CCCN(C)C)Cc3cccc(CC(=O)O)c3)c2n1. The third-order valence-electron chi connectivity index (χ3n) is 6.05. The van der Waals surface area contributed by atoms with E-state index >= 15 is 0 Å². The van der Waals surface area contributed by atoms with Gasteiger partial charge in [-0.05, 0) is 57.6 Å². The van der Waals surface area contributed by atoms with Gasteiger partial charge in [-0.2, -0.15) is 9.97 Å². The Kier molecular flexibility index (Phi) is 10.5. The van der Waals surface area contributed by atoms with Crippen LogP contribution in [0.15, 0.2) is 29.1 Å². The highest BCUT2D eigenvalue weighted by molar-refractivity contribution is 5.81. The summed E-state index contributed by atoms with van der Waals surface area (Å²) in [5, 5.41) is 9.13. The fourth-order valence-electron chi connectivity index (χ4n) is 4.21. The lowest BCUT2D eigenvalue weighted by atomic mass is 10.1. The number of aromatic amines is 1. The summed E-state index contributed by atoms with van der Waals surface area (Å²) in [6.07, 6.45) is 3.59. The largest absolute Gasteiger partial charge is 0.481 e. The van der Waals surface area contributed by atoms with Gasteiger partial charge >= 0.3 is 17.7 Å². The highest BCUT2D eigenvalue weighted by Gasteiger charge is 2.15. The molecule has 1 aromatic carbocycles. The Morgan fingerprint density at radius 1 is 1.14 bits per heavy atom. The standard InChI is InChI=1S/C26H39N7O4/c1-4-5-15-37-25-29-23(27)22-24(30-25)33(26(36)28-22)14-8-13-32(12-7-11-31(2)3)18-20-10-6-9-19(16-20)17-21(34)35/h6,9-10,16H,4-5,7-8,11-15,17-18H2,1-3H3,(H,28,36)(H,34,35)(H2,27,29,30). The predicted octanol–water partition coefficient (Wildman–Crippen LogP) is 2.35. The number of nitrogens with zero attached hydrogens (tertiary/aromatic N) is 5.